The van der Waals surface area contributed by atoms with Gasteiger partial charge in [-0.25, -0.2) is 4.98 Å². The quantitative estimate of drug-likeness (QED) is 0.177. The predicted molar refractivity (Wildman–Crippen MR) is 229 cm³/mol. The Morgan fingerprint density at radius 2 is 1.22 bits per heavy atom. The molecule has 55 heavy (non-hydrogen) atoms. The zero-order valence-corrected chi connectivity index (χ0v) is 30.1. The van der Waals surface area contributed by atoms with Gasteiger partial charge in [-0.2, -0.15) is 0 Å². The van der Waals surface area contributed by atoms with Gasteiger partial charge < -0.3 is 18.3 Å². The fourth-order valence-electron chi connectivity index (χ4n) is 8.42. The third kappa shape index (κ3) is 4.49. The van der Waals surface area contributed by atoms with Gasteiger partial charge in [0.2, 0.25) is 5.89 Å². The van der Waals surface area contributed by atoms with Crippen molar-refractivity contribution >= 4 is 103 Å². The van der Waals surface area contributed by atoms with Gasteiger partial charge in [0, 0.05) is 58.7 Å². The van der Waals surface area contributed by atoms with E-state index in [9.17, 15) is 0 Å². The number of hydrogen-bond acceptors (Lipinski definition) is 5. The number of anilines is 3. The van der Waals surface area contributed by atoms with Crippen molar-refractivity contribution in [1.82, 2.24) is 9.55 Å². The fourth-order valence-corrected chi connectivity index (χ4v) is 9.55. The molecule has 0 N–H and O–H groups in total. The molecule has 0 fully saturated rings. The Bertz CT molecular complexity index is 3450. The van der Waals surface area contributed by atoms with Crippen LogP contribution in [0.2, 0.25) is 0 Å². The second kappa shape index (κ2) is 11.7. The molecule has 0 aliphatic carbocycles. The lowest BCUT2D eigenvalue weighted by molar-refractivity contribution is 0.620. The molecule has 12 rings (SSSR count). The van der Waals surface area contributed by atoms with Crippen molar-refractivity contribution in [1.29, 1.82) is 0 Å². The van der Waals surface area contributed by atoms with Crippen LogP contribution in [0.5, 0.6) is 0 Å². The van der Waals surface area contributed by atoms with Crippen LogP contribution in [-0.4, -0.2) is 9.55 Å². The highest BCUT2D eigenvalue weighted by Crippen LogP contribution is 2.51. The molecule has 0 aliphatic rings. The highest BCUT2D eigenvalue weighted by Gasteiger charge is 2.28. The monoisotopic (exact) mass is 723 g/mol. The molecule has 4 heterocycles. The van der Waals surface area contributed by atoms with Crippen molar-refractivity contribution in [2.45, 2.75) is 0 Å². The number of hydrogen-bond donors (Lipinski definition) is 0. The van der Waals surface area contributed by atoms with Crippen LogP contribution in [0.25, 0.3) is 92.2 Å². The molecule has 0 saturated heterocycles. The molecule has 0 aliphatic heterocycles. The Kier molecular flexibility index (Phi) is 6.44. The number of fused-ring (bicyclic) bond motifs is 10. The van der Waals surface area contributed by atoms with Crippen molar-refractivity contribution in [3.63, 3.8) is 0 Å². The lowest BCUT2D eigenvalue weighted by Gasteiger charge is -2.27. The predicted octanol–water partition coefficient (Wildman–Crippen LogP) is 14.3. The molecule has 0 atom stereocenters. The first kappa shape index (κ1) is 30.3. The largest absolute Gasteiger partial charge is 0.454 e. The normalized spacial score (nSPS) is 12.0. The van der Waals surface area contributed by atoms with Gasteiger partial charge >= 0.3 is 0 Å². The average molecular weight is 724 g/mol. The van der Waals surface area contributed by atoms with Crippen LogP contribution in [-0.2, 0) is 0 Å². The van der Waals surface area contributed by atoms with E-state index in [0.29, 0.717) is 11.5 Å². The third-order valence-corrected chi connectivity index (χ3v) is 11.9. The number of aromatic nitrogens is 2. The van der Waals surface area contributed by atoms with E-state index < -0.39 is 0 Å². The van der Waals surface area contributed by atoms with E-state index in [0.717, 1.165) is 72.2 Å². The van der Waals surface area contributed by atoms with E-state index in [1.165, 1.54) is 25.6 Å². The number of nitrogens with zero attached hydrogens (tertiary/aromatic N) is 3. The van der Waals surface area contributed by atoms with Gasteiger partial charge in [-0.15, -0.1) is 11.3 Å². The van der Waals surface area contributed by atoms with Crippen LogP contribution in [0.3, 0.4) is 0 Å². The summed E-state index contributed by atoms with van der Waals surface area (Å²) < 4.78 is 18.4. The van der Waals surface area contributed by atoms with E-state index in [-0.39, 0.29) is 0 Å². The van der Waals surface area contributed by atoms with Gasteiger partial charge in [-0.3, -0.25) is 0 Å². The minimum Gasteiger partial charge on any atom is -0.454 e. The summed E-state index contributed by atoms with van der Waals surface area (Å²) in [5.74, 6) is 0.564. The Morgan fingerprint density at radius 3 is 2.09 bits per heavy atom. The summed E-state index contributed by atoms with van der Waals surface area (Å²) in [6.45, 7) is 0. The molecule has 12 aromatic rings. The molecule has 0 spiro atoms. The summed E-state index contributed by atoms with van der Waals surface area (Å²) in [6.07, 6.45) is 0. The van der Waals surface area contributed by atoms with Crippen molar-refractivity contribution in [2.75, 3.05) is 4.90 Å². The average Bonchev–Trinajstić information content (AvgIpc) is 4.02. The molecule has 5 nitrogen and oxygen atoms in total. The Hall–Kier alpha value is -7.15. The first-order valence-electron chi connectivity index (χ1n) is 18.4. The molecular weight excluding hydrogens is 695 g/mol. The van der Waals surface area contributed by atoms with Crippen LogP contribution < -0.4 is 4.90 Å². The van der Waals surface area contributed by atoms with Gasteiger partial charge in [0.1, 0.15) is 16.8 Å². The first-order valence-corrected chi connectivity index (χ1v) is 19.2. The summed E-state index contributed by atoms with van der Waals surface area (Å²) in [5.41, 5.74) is 10.2. The molecular formula is C49H29N3O2S. The van der Waals surface area contributed by atoms with Gasteiger partial charge in [0.15, 0.2) is 11.2 Å². The fraction of sp³-hybridized carbons (Fsp3) is 0. The van der Waals surface area contributed by atoms with Gasteiger partial charge in [0.05, 0.1) is 16.7 Å². The SMILES string of the molecule is c1ccc(-c2nc3c(N(c4ccc5c(c4)c4ccccc4n5-c4ccccc4)c4cccc5sc6ccccc6c45)c4oc5ccccc5c4cc3o2)cc1. The second-order valence-corrected chi connectivity index (χ2v) is 15.0. The number of thiophene rings is 1. The minimum absolute atomic E-state index is 0.564. The Balaban J connectivity index is 1.24. The summed E-state index contributed by atoms with van der Waals surface area (Å²) in [5, 5.41) is 6.73. The molecule has 0 radical (unpaired) electrons. The minimum atomic E-state index is 0.564. The zero-order chi connectivity index (χ0) is 36.0. The van der Waals surface area contributed by atoms with Crippen LogP contribution in [0.15, 0.2) is 185 Å². The van der Waals surface area contributed by atoms with Gasteiger partial charge in [-0.05, 0) is 78.9 Å². The van der Waals surface area contributed by atoms with Crippen molar-refractivity contribution < 1.29 is 8.83 Å². The molecule has 0 bridgehead atoms. The van der Waals surface area contributed by atoms with Crippen LogP contribution in [0.1, 0.15) is 0 Å². The molecule has 4 aromatic heterocycles. The van der Waals surface area contributed by atoms with E-state index >= 15 is 0 Å². The summed E-state index contributed by atoms with van der Waals surface area (Å²) in [7, 11) is 0. The summed E-state index contributed by atoms with van der Waals surface area (Å²) in [6, 6.07) is 61.8. The van der Waals surface area contributed by atoms with Crippen LogP contribution >= 0.6 is 11.3 Å². The van der Waals surface area contributed by atoms with Gasteiger partial charge in [0.25, 0.3) is 0 Å². The lowest BCUT2D eigenvalue weighted by atomic mass is 10.0. The summed E-state index contributed by atoms with van der Waals surface area (Å²) >= 11 is 1.81. The zero-order valence-electron chi connectivity index (χ0n) is 29.3. The number of oxazole rings is 1. The van der Waals surface area contributed by atoms with E-state index in [1.807, 2.05) is 53.8 Å². The van der Waals surface area contributed by atoms with Crippen molar-refractivity contribution in [2.24, 2.45) is 0 Å². The second-order valence-electron chi connectivity index (χ2n) is 13.9. The first-order chi connectivity index (χ1) is 27.3. The molecule has 0 unspecified atom stereocenters. The maximum Gasteiger partial charge on any atom is 0.227 e. The highest BCUT2D eigenvalue weighted by molar-refractivity contribution is 7.26. The highest BCUT2D eigenvalue weighted by atomic mass is 32.1. The van der Waals surface area contributed by atoms with Crippen LogP contribution in [0.4, 0.5) is 17.1 Å². The molecule has 0 saturated carbocycles. The summed E-state index contributed by atoms with van der Waals surface area (Å²) in [4.78, 5) is 7.65. The van der Waals surface area contributed by atoms with Crippen molar-refractivity contribution in [3.05, 3.63) is 176 Å². The number of furan rings is 1. The number of benzene rings is 8. The van der Waals surface area contributed by atoms with Crippen LogP contribution in [0, 0.1) is 0 Å². The maximum absolute atomic E-state index is 6.91. The van der Waals surface area contributed by atoms with E-state index in [4.69, 9.17) is 13.8 Å². The smallest absolute Gasteiger partial charge is 0.227 e. The number of rotatable bonds is 5. The molecule has 6 heteroatoms. The molecule has 258 valence electrons. The lowest BCUT2D eigenvalue weighted by Crippen LogP contribution is -2.11. The molecule has 8 aromatic carbocycles. The Morgan fingerprint density at radius 1 is 0.509 bits per heavy atom. The van der Waals surface area contributed by atoms with Gasteiger partial charge in [-0.1, -0.05) is 97.1 Å². The van der Waals surface area contributed by atoms with E-state index in [2.05, 4.69) is 143 Å². The maximum atomic E-state index is 6.91. The van der Waals surface area contributed by atoms with Crippen molar-refractivity contribution in [3.8, 4) is 17.1 Å². The third-order valence-electron chi connectivity index (χ3n) is 10.8. The number of para-hydroxylation sites is 3. The topological polar surface area (TPSA) is 47.3 Å². The molecule has 0 amide bonds. The standard InChI is InChI=1S/C49H29N3O2S/c1-3-14-30(15-4-1)49-50-46-42(54-49)29-37-34-19-8-11-23-41(34)53-48(37)47(46)52(40-22-13-25-44-45(40)35-20-9-12-24-43(35)55-44)32-26-27-39-36(28-32)33-18-7-10-21-38(33)51(39)31-16-5-2-6-17-31/h1-29H. The Labute approximate surface area is 318 Å². The van der Waals surface area contributed by atoms with E-state index in [1.54, 1.807) is 0 Å².